The molecule has 2 nitrogen and oxygen atoms in total. The minimum atomic E-state index is 0.404. The molecule has 0 fully saturated rings. The monoisotopic (exact) mass is 267 g/mol. The molecule has 0 spiro atoms. The lowest BCUT2D eigenvalue weighted by Crippen LogP contribution is -2.16. The van der Waals surface area contributed by atoms with Crippen LogP contribution in [-0.2, 0) is 6.54 Å². The van der Waals surface area contributed by atoms with Crippen LogP contribution >= 0.6 is 22.7 Å². The van der Waals surface area contributed by atoms with E-state index in [-0.39, 0.29) is 0 Å². The molecule has 0 aliphatic heterocycles. The van der Waals surface area contributed by atoms with E-state index in [0.29, 0.717) is 6.04 Å². The van der Waals surface area contributed by atoms with E-state index in [1.807, 2.05) is 17.4 Å². The zero-order valence-corrected chi connectivity index (χ0v) is 12.0. The van der Waals surface area contributed by atoms with Gasteiger partial charge in [0.05, 0.1) is 7.11 Å². The van der Waals surface area contributed by atoms with Crippen molar-refractivity contribution in [2.24, 2.45) is 0 Å². The molecule has 92 valence electrons. The molecule has 2 aromatic rings. The maximum absolute atomic E-state index is 5.18. The molecule has 0 saturated carbocycles. The number of hydrogen-bond acceptors (Lipinski definition) is 4. The van der Waals surface area contributed by atoms with Crippen LogP contribution in [0.4, 0.5) is 0 Å². The lowest BCUT2D eigenvalue weighted by Gasteiger charge is -2.10. The topological polar surface area (TPSA) is 21.3 Å². The Hall–Kier alpha value is -0.840. The predicted octanol–water partition coefficient (Wildman–Crippen LogP) is 3.98. The Morgan fingerprint density at radius 2 is 2.06 bits per heavy atom. The van der Waals surface area contributed by atoms with Gasteiger partial charge in [-0.25, -0.2) is 0 Å². The highest BCUT2D eigenvalue weighted by molar-refractivity contribution is 7.13. The molecule has 0 radical (unpaired) electrons. The molecule has 0 aliphatic rings. The molecule has 4 heteroatoms. The predicted molar refractivity (Wildman–Crippen MR) is 75.2 cm³/mol. The van der Waals surface area contributed by atoms with Gasteiger partial charge in [-0.15, -0.1) is 22.7 Å². The van der Waals surface area contributed by atoms with Gasteiger partial charge in [-0.05, 0) is 38.1 Å². The second-order valence-electron chi connectivity index (χ2n) is 3.98. The standard InChI is InChI=1S/C13H17NOS2/c1-9-4-6-12(16-9)10(2)14-8-11-5-7-13(15-3)17-11/h4-7,10,14H,8H2,1-3H3/t10-/m1/s1. The number of nitrogens with one attached hydrogen (secondary N) is 1. The molecule has 2 aromatic heterocycles. The smallest absolute Gasteiger partial charge is 0.173 e. The van der Waals surface area contributed by atoms with Gasteiger partial charge in [-0.2, -0.15) is 0 Å². The molecule has 0 unspecified atom stereocenters. The lowest BCUT2D eigenvalue weighted by molar-refractivity contribution is 0.427. The van der Waals surface area contributed by atoms with Crippen LogP contribution in [0, 0.1) is 6.92 Å². The second-order valence-corrected chi connectivity index (χ2v) is 6.43. The number of methoxy groups -OCH3 is 1. The van der Waals surface area contributed by atoms with Crippen LogP contribution in [0.5, 0.6) is 5.06 Å². The maximum Gasteiger partial charge on any atom is 0.173 e. The third-order valence-corrected chi connectivity index (χ3v) is 4.84. The third-order valence-electron chi connectivity index (χ3n) is 2.61. The molecular formula is C13H17NOS2. The van der Waals surface area contributed by atoms with Crippen LogP contribution < -0.4 is 10.1 Å². The van der Waals surface area contributed by atoms with Crippen molar-refractivity contribution in [1.82, 2.24) is 5.32 Å². The molecular weight excluding hydrogens is 250 g/mol. The van der Waals surface area contributed by atoms with Gasteiger partial charge < -0.3 is 10.1 Å². The van der Waals surface area contributed by atoms with Gasteiger partial charge in [0.25, 0.3) is 0 Å². The van der Waals surface area contributed by atoms with Crippen LogP contribution in [0.3, 0.4) is 0 Å². The minimum absolute atomic E-state index is 0.404. The molecule has 0 aliphatic carbocycles. The average molecular weight is 267 g/mol. The van der Waals surface area contributed by atoms with Crippen LogP contribution in [0.15, 0.2) is 24.3 Å². The SMILES string of the molecule is COc1ccc(CN[C@H](C)c2ccc(C)s2)s1. The van der Waals surface area contributed by atoms with E-state index in [0.717, 1.165) is 11.6 Å². The summed E-state index contributed by atoms with van der Waals surface area (Å²) in [5.74, 6) is 0. The molecule has 17 heavy (non-hydrogen) atoms. The Balaban J connectivity index is 1.89. The number of ether oxygens (including phenoxy) is 1. The Bertz CT molecular complexity index is 475. The van der Waals surface area contributed by atoms with Gasteiger partial charge in [0.1, 0.15) is 0 Å². The number of rotatable bonds is 5. The molecule has 1 N–H and O–H groups in total. The van der Waals surface area contributed by atoms with E-state index in [9.17, 15) is 0 Å². The highest BCUT2D eigenvalue weighted by Crippen LogP contribution is 2.26. The Morgan fingerprint density at radius 1 is 1.24 bits per heavy atom. The normalized spacial score (nSPS) is 12.6. The van der Waals surface area contributed by atoms with Crippen LogP contribution in [0.25, 0.3) is 0 Å². The summed E-state index contributed by atoms with van der Waals surface area (Å²) in [4.78, 5) is 4.07. The summed E-state index contributed by atoms with van der Waals surface area (Å²) in [5.41, 5.74) is 0. The molecule has 0 saturated heterocycles. The van der Waals surface area contributed by atoms with Crippen molar-refractivity contribution in [3.63, 3.8) is 0 Å². The zero-order chi connectivity index (χ0) is 12.3. The lowest BCUT2D eigenvalue weighted by atomic mass is 10.2. The summed E-state index contributed by atoms with van der Waals surface area (Å²) < 4.78 is 5.18. The zero-order valence-electron chi connectivity index (χ0n) is 10.3. The molecule has 0 amide bonds. The first-order chi connectivity index (χ1) is 8.19. The molecule has 2 heterocycles. The Morgan fingerprint density at radius 3 is 2.65 bits per heavy atom. The first-order valence-electron chi connectivity index (χ1n) is 5.61. The van der Waals surface area contributed by atoms with E-state index < -0.39 is 0 Å². The summed E-state index contributed by atoms with van der Waals surface area (Å²) in [6, 6.07) is 8.91. The van der Waals surface area contributed by atoms with Gasteiger partial charge in [0, 0.05) is 27.2 Å². The summed E-state index contributed by atoms with van der Waals surface area (Å²) in [7, 11) is 1.71. The number of hydrogen-bond donors (Lipinski definition) is 1. The number of thiophene rings is 2. The van der Waals surface area contributed by atoms with E-state index in [1.54, 1.807) is 18.4 Å². The van der Waals surface area contributed by atoms with Gasteiger partial charge in [-0.1, -0.05) is 0 Å². The van der Waals surface area contributed by atoms with Crippen molar-refractivity contribution >= 4 is 22.7 Å². The first kappa shape index (κ1) is 12.6. The highest BCUT2D eigenvalue weighted by Gasteiger charge is 2.07. The summed E-state index contributed by atoms with van der Waals surface area (Å²) >= 11 is 3.55. The third kappa shape index (κ3) is 3.31. The van der Waals surface area contributed by atoms with Crippen LogP contribution in [0.2, 0.25) is 0 Å². The van der Waals surface area contributed by atoms with E-state index in [2.05, 4.69) is 37.4 Å². The molecule has 0 aromatic carbocycles. The van der Waals surface area contributed by atoms with Crippen LogP contribution in [-0.4, -0.2) is 7.11 Å². The second kappa shape index (κ2) is 5.67. The fourth-order valence-electron chi connectivity index (χ4n) is 1.60. The first-order valence-corrected chi connectivity index (χ1v) is 7.25. The molecule has 2 rings (SSSR count). The van der Waals surface area contributed by atoms with Crippen molar-refractivity contribution in [3.05, 3.63) is 38.9 Å². The van der Waals surface area contributed by atoms with E-state index >= 15 is 0 Å². The summed E-state index contributed by atoms with van der Waals surface area (Å²) in [5, 5.41) is 4.50. The van der Waals surface area contributed by atoms with Gasteiger partial charge in [0.15, 0.2) is 5.06 Å². The van der Waals surface area contributed by atoms with Gasteiger partial charge >= 0.3 is 0 Å². The van der Waals surface area contributed by atoms with E-state index in [1.165, 1.54) is 14.6 Å². The Labute approximate surface area is 110 Å². The largest absolute Gasteiger partial charge is 0.487 e. The average Bonchev–Trinajstić information content (AvgIpc) is 2.94. The van der Waals surface area contributed by atoms with Crippen LogP contribution in [0.1, 0.15) is 27.6 Å². The van der Waals surface area contributed by atoms with Gasteiger partial charge in [-0.3, -0.25) is 0 Å². The summed E-state index contributed by atoms with van der Waals surface area (Å²) in [6.07, 6.45) is 0. The van der Waals surface area contributed by atoms with Crippen molar-refractivity contribution in [2.75, 3.05) is 7.11 Å². The number of aryl methyl sites for hydroxylation is 1. The maximum atomic E-state index is 5.18. The minimum Gasteiger partial charge on any atom is -0.487 e. The van der Waals surface area contributed by atoms with Crippen molar-refractivity contribution in [3.8, 4) is 5.06 Å². The fourth-order valence-corrected chi connectivity index (χ4v) is 3.28. The van der Waals surface area contributed by atoms with Crippen molar-refractivity contribution in [2.45, 2.75) is 26.4 Å². The fraction of sp³-hybridized carbons (Fsp3) is 0.385. The molecule has 0 bridgehead atoms. The van der Waals surface area contributed by atoms with E-state index in [4.69, 9.17) is 4.74 Å². The molecule has 1 atom stereocenters. The van der Waals surface area contributed by atoms with Crippen molar-refractivity contribution in [1.29, 1.82) is 0 Å². The van der Waals surface area contributed by atoms with Crippen molar-refractivity contribution < 1.29 is 4.74 Å². The summed E-state index contributed by atoms with van der Waals surface area (Å²) in [6.45, 7) is 5.24. The quantitative estimate of drug-likeness (QED) is 0.885. The highest BCUT2D eigenvalue weighted by atomic mass is 32.1. The van der Waals surface area contributed by atoms with Gasteiger partial charge in [0.2, 0.25) is 0 Å². The Kier molecular flexibility index (Phi) is 4.20.